The van der Waals surface area contributed by atoms with E-state index in [1.54, 1.807) is 0 Å². The molecular formula is C12H23N3. The van der Waals surface area contributed by atoms with Gasteiger partial charge in [0.2, 0.25) is 0 Å². The van der Waals surface area contributed by atoms with Crippen LogP contribution < -0.4 is 11.2 Å². The molecule has 0 radical (unpaired) electrons. The summed E-state index contributed by atoms with van der Waals surface area (Å²) in [7, 11) is 0. The van der Waals surface area contributed by atoms with Crippen LogP contribution in [0, 0.1) is 5.41 Å². The van der Waals surface area contributed by atoms with E-state index in [1.807, 2.05) is 5.01 Å². The second kappa shape index (κ2) is 3.80. The van der Waals surface area contributed by atoms with Gasteiger partial charge >= 0.3 is 0 Å². The summed E-state index contributed by atoms with van der Waals surface area (Å²) in [5.41, 5.74) is 1.75. The van der Waals surface area contributed by atoms with Gasteiger partial charge in [-0.1, -0.05) is 19.9 Å². The van der Waals surface area contributed by atoms with Crippen LogP contribution in [0.4, 0.5) is 0 Å². The first-order valence-electron chi connectivity index (χ1n) is 6.06. The van der Waals surface area contributed by atoms with Crippen LogP contribution in [0.25, 0.3) is 0 Å². The van der Waals surface area contributed by atoms with Crippen LogP contribution in [0.5, 0.6) is 0 Å². The van der Waals surface area contributed by atoms with Gasteiger partial charge in [-0.15, -0.1) is 0 Å². The molecule has 0 bridgehead atoms. The Hall–Kier alpha value is -0.540. The molecule has 15 heavy (non-hydrogen) atoms. The Morgan fingerprint density at radius 2 is 2.27 bits per heavy atom. The summed E-state index contributed by atoms with van der Waals surface area (Å²) >= 11 is 0. The zero-order valence-corrected chi connectivity index (χ0v) is 10.1. The van der Waals surface area contributed by atoms with Crippen molar-refractivity contribution in [3.05, 3.63) is 11.8 Å². The van der Waals surface area contributed by atoms with E-state index in [2.05, 4.69) is 32.2 Å². The lowest BCUT2D eigenvalue weighted by molar-refractivity contribution is 0.216. The van der Waals surface area contributed by atoms with Crippen LogP contribution in [-0.4, -0.2) is 23.6 Å². The molecule has 1 heterocycles. The molecule has 0 aromatic carbocycles. The maximum atomic E-state index is 6.21. The molecule has 1 aliphatic carbocycles. The fourth-order valence-electron chi connectivity index (χ4n) is 2.75. The first-order valence-corrected chi connectivity index (χ1v) is 6.06. The third-order valence-electron chi connectivity index (χ3n) is 4.04. The summed E-state index contributed by atoms with van der Waals surface area (Å²) in [4.78, 5) is 0. The van der Waals surface area contributed by atoms with Gasteiger partial charge in [-0.05, 0) is 38.1 Å². The third-order valence-corrected chi connectivity index (χ3v) is 4.04. The van der Waals surface area contributed by atoms with Crippen molar-refractivity contribution in [3.63, 3.8) is 0 Å². The molecule has 2 atom stereocenters. The summed E-state index contributed by atoms with van der Waals surface area (Å²) in [5, 5.41) is 5.53. The molecule has 0 spiro atoms. The Morgan fingerprint density at radius 3 is 2.73 bits per heavy atom. The van der Waals surface area contributed by atoms with Gasteiger partial charge in [0.15, 0.2) is 0 Å². The van der Waals surface area contributed by atoms with Crippen molar-refractivity contribution in [2.24, 2.45) is 11.3 Å². The summed E-state index contributed by atoms with van der Waals surface area (Å²) in [6, 6.07) is 1.00. The molecule has 3 nitrogen and oxygen atoms in total. The molecule has 1 aliphatic heterocycles. The number of hydrogen-bond acceptors (Lipinski definition) is 3. The van der Waals surface area contributed by atoms with Crippen molar-refractivity contribution in [2.75, 3.05) is 6.54 Å². The van der Waals surface area contributed by atoms with Crippen molar-refractivity contribution in [2.45, 2.75) is 52.1 Å². The molecule has 86 valence electrons. The average Bonchev–Trinajstić information content (AvgIpc) is 2.85. The number of allylic oxidation sites excluding steroid dienone is 1. The molecule has 2 rings (SSSR count). The van der Waals surface area contributed by atoms with Crippen LogP contribution in [0.15, 0.2) is 11.8 Å². The molecule has 3 heteroatoms. The lowest BCUT2D eigenvalue weighted by Crippen LogP contribution is -2.40. The fourth-order valence-corrected chi connectivity index (χ4v) is 2.75. The molecule has 0 aromatic heterocycles. The van der Waals surface area contributed by atoms with Crippen molar-refractivity contribution in [1.82, 2.24) is 10.3 Å². The van der Waals surface area contributed by atoms with Gasteiger partial charge in [-0.2, -0.15) is 0 Å². The second-order valence-corrected chi connectivity index (χ2v) is 5.14. The van der Waals surface area contributed by atoms with Crippen LogP contribution in [0.3, 0.4) is 0 Å². The second-order valence-electron chi connectivity index (χ2n) is 5.14. The van der Waals surface area contributed by atoms with E-state index < -0.39 is 0 Å². The van der Waals surface area contributed by atoms with E-state index in [4.69, 9.17) is 5.84 Å². The highest BCUT2D eigenvalue weighted by atomic mass is 15.5. The lowest BCUT2D eigenvalue weighted by atomic mass is 9.96. The SMILES string of the molecule is C/C=C1/[C@H](NCC)C[C@H](C2(C)CC2)N1N. The lowest BCUT2D eigenvalue weighted by Gasteiger charge is -2.27. The maximum absolute atomic E-state index is 6.21. The van der Waals surface area contributed by atoms with Gasteiger partial charge in [-0.3, -0.25) is 0 Å². The Bertz CT molecular complexity index is 268. The van der Waals surface area contributed by atoms with Crippen LogP contribution in [-0.2, 0) is 0 Å². The number of nitrogens with two attached hydrogens (primary N) is 1. The Balaban J connectivity index is 2.12. The van der Waals surface area contributed by atoms with Crippen molar-refractivity contribution in [1.29, 1.82) is 0 Å². The topological polar surface area (TPSA) is 41.3 Å². The monoisotopic (exact) mass is 209 g/mol. The summed E-state index contributed by atoms with van der Waals surface area (Å²) < 4.78 is 0. The Labute approximate surface area is 92.7 Å². The molecule has 1 saturated carbocycles. The molecule has 0 unspecified atom stereocenters. The van der Waals surface area contributed by atoms with Gasteiger partial charge < -0.3 is 10.3 Å². The largest absolute Gasteiger partial charge is 0.310 e. The standard InChI is InChI=1S/C12H23N3/c1-4-10-9(14-5-2)8-11(15(10)13)12(3)6-7-12/h4,9,11,14H,5-8,13H2,1-3H3/b10-4-/t9-,11-/m1/s1. The third kappa shape index (κ3) is 1.79. The predicted octanol–water partition coefficient (Wildman–Crippen LogP) is 1.62. The number of rotatable bonds is 3. The number of hydrazine groups is 1. The van der Waals surface area contributed by atoms with Crippen LogP contribution >= 0.6 is 0 Å². The number of hydrogen-bond donors (Lipinski definition) is 2. The first-order chi connectivity index (χ1) is 7.12. The summed E-state index contributed by atoms with van der Waals surface area (Å²) in [6.07, 6.45) is 5.99. The van der Waals surface area contributed by atoms with Crippen molar-refractivity contribution < 1.29 is 0 Å². The predicted molar refractivity (Wildman–Crippen MR) is 63.0 cm³/mol. The zero-order chi connectivity index (χ0) is 11.1. The van der Waals surface area contributed by atoms with E-state index >= 15 is 0 Å². The highest BCUT2D eigenvalue weighted by Gasteiger charge is 2.51. The van der Waals surface area contributed by atoms with E-state index in [1.165, 1.54) is 25.0 Å². The molecule has 2 fully saturated rings. The van der Waals surface area contributed by atoms with E-state index in [-0.39, 0.29) is 0 Å². The van der Waals surface area contributed by atoms with Crippen molar-refractivity contribution >= 4 is 0 Å². The highest BCUT2D eigenvalue weighted by molar-refractivity contribution is 5.20. The minimum atomic E-state index is 0.465. The van der Waals surface area contributed by atoms with Crippen LogP contribution in [0.2, 0.25) is 0 Å². The molecule has 1 saturated heterocycles. The molecular weight excluding hydrogens is 186 g/mol. The van der Waals surface area contributed by atoms with E-state index in [0.29, 0.717) is 17.5 Å². The van der Waals surface area contributed by atoms with E-state index in [9.17, 15) is 0 Å². The molecule has 0 amide bonds. The number of nitrogens with zero attached hydrogens (tertiary/aromatic N) is 1. The minimum Gasteiger partial charge on any atom is -0.310 e. The molecule has 2 aliphatic rings. The number of likely N-dealkylation sites (N-methyl/N-ethyl adjacent to an activating group) is 1. The first kappa shape index (κ1) is 11.0. The van der Waals surface area contributed by atoms with Crippen LogP contribution in [0.1, 0.15) is 40.0 Å². The van der Waals surface area contributed by atoms with Gasteiger partial charge in [0.25, 0.3) is 0 Å². The van der Waals surface area contributed by atoms with Gasteiger partial charge in [0, 0.05) is 5.70 Å². The highest BCUT2D eigenvalue weighted by Crippen LogP contribution is 2.53. The zero-order valence-electron chi connectivity index (χ0n) is 10.1. The number of nitrogens with one attached hydrogen (secondary N) is 1. The smallest absolute Gasteiger partial charge is 0.0521 e. The van der Waals surface area contributed by atoms with Gasteiger partial charge in [-0.25, -0.2) is 5.84 Å². The Morgan fingerprint density at radius 1 is 1.60 bits per heavy atom. The molecule has 0 aromatic rings. The van der Waals surface area contributed by atoms with Gasteiger partial charge in [0.1, 0.15) is 0 Å². The van der Waals surface area contributed by atoms with Gasteiger partial charge in [0.05, 0.1) is 12.1 Å². The van der Waals surface area contributed by atoms with E-state index in [0.717, 1.165) is 6.54 Å². The molecule has 3 N–H and O–H groups in total. The average molecular weight is 209 g/mol. The maximum Gasteiger partial charge on any atom is 0.0521 e. The quantitative estimate of drug-likeness (QED) is 0.694. The fraction of sp³-hybridized carbons (Fsp3) is 0.833. The minimum absolute atomic E-state index is 0.465. The normalized spacial score (nSPS) is 36.3. The summed E-state index contributed by atoms with van der Waals surface area (Å²) in [6.45, 7) is 7.61. The summed E-state index contributed by atoms with van der Waals surface area (Å²) in [5.74, 6) is 6.21. The Kier molecular flexibility index (Phi) is 2.77. The van der Waals surface area contributed by atoms with Crippen molar-refractivity contribution in [3.8, 4) is 0 Å².